The van der Waals surface area contributed by atoms with E-state index in [1.807, 2.05) is 13.1 Å². The van der Waals surface area contributed by atoms with Crippen LogP contribution in [-0.2, 0) is 11.2 Å². The zero-order chi connectivity index (χ0) is 19.8. The van der Waals surface area contributed by atoms with E-state index in [0.29, 0.717) is 18.1 Å². The van der Waals surface area contributed by atoms with Gasteiger partial charge in [-0.25, -0.2) is 4.98 Å². The fourth-order valence-corrected chi connectivity index (χ4v) is 7.13. The second-order valence-corrected chi connectivity index (χ2v) is 10.5. The average molecular weight is 387 g/mol. The third-order valence-electron chi connectivity index (χ3n) is 8.66. The molecule has 3 fully saturated rings. The summed E-state index contributed by atoms with van der Waals surface area (Å²) in [7, 11) is 0. The molecule has 0 saturated heterocycles. The van der Waals surface area contributed by atoms with Crippen LogP contribution in [0, 0.1) is 29.1 Å². The van der Waals surface area contributed by atoms with E-state index in [4.69, 9.17) is 0 Å². The van der Waals surface area contributed by atoms with Gasteiger partial charge in [0.05, 0.1) is 12.0 Å². The monoisotopic (exact) mass is 386 g/mol. The molecule has 1 aromatic rings. The van der Waals surface area contributed by atoms with Gasteiger partial charge < -0.3 is 10.1 Å². The quantitative estimate of drug-likeness (QED) is 0.762. The van der Waals surface area contributed by atoms with Crippen LogP contribution in [0.5, 0.6) is 0 Å². The number of fused-ring (bicyclic) bond motifs is 3. The van der Waals surface area contributed by atoms with Gasteiger partial charge in [0.1, 0.15) is 11.6 Å². The normalized spacial score (nSPS) is 41.8. The molecule has 0 aromatic carbocycles. The minimum absolute atomic E-state index is 0.181. The third-order valence-corrected chi connectivity index (χ3v) is 8.66. The highest BCUT2D eigenvalue weighted by Crippen LogP contribution is 2.61. The standard InChI is InChI=1S/C24H38N2O2/c1-23(28)11-4-3-7-18-17(6-5-12-23)10-13-24(2)19(18)8-9-20(24)21(27)16-22-25-14-15-26-22/h14-15,17-20,28H,3-13,16H2,1-2H3,(H,25,26). The molecular weight excluding hydrogens is 348 g/mol. The number of aromatic nitrogens is 2. The lowest BCUT2D eigenvalue weighted by Gasteiger charge is -2.49. The van der Waals surface area contributed by atoms with Crippen LogP contribution >= 0.6 is 0 Å². The van der Waals surface area contributed by atoms with E-state index < -0.39 is 5.60 Å². The van der Waals surface area contributed by atoms with E-state index >= 15 is 0 Å². The smallest absolute Gasteiger partial charge is 0.144 e. The predicted molar refractivity (Wildman–Crippen MR) is 111 cm³/mol. The summed E-state index contributed by atoms with van der Waals surface area (Å²) < 4.78 is 0. The molecule has 1 heterocycles. The molecule has 4 heteroatoms. The maximum absolute atomic E-state index is 13.1. The Balaban J connectivity index is 1.47. The highest BCUT2D eigenvalue weighted by Gasteiger charge is 2.55. The Kier molecular flexibility index (Phi) is 5.70. The van der Waals surface area contributed by atoms with Gasteiger partial charge >= 0.3 is 0 Å². The van der Waals surface area contributed by atoms with Crippen LogP contribution in [0.25, 0.3) is 0 Å². The summed E-state index contributed by atoms with van der Waals surface area (Å²) in [4.78, 5) is 20.5. The number of imidazole rings is 1. The molecule has 6 unspecified atom stereocenters. The summed E-state index contributed by atoms with van der Waals surface area (Å²) in [6.45, 7) is 4.45. The van der Waals surface area contributed by atoms with E-state index in [-0.39, 0.29) is 11.3 Å². The van der Waals surface area contributed by atoms with Gasteiger partial charge in [0.15, 0.2) is 0 Å². The van der Waals surface area contributed by atoms with E-state index in [0.717, 1.165) is 49.8 Å². The van der Waals surface area contributed by atoms with Crippen molar-refractivity contribution in [3.8, 4) is 0 Å². The molecule has 0 radical (unpaired) electrons. The summed E-state index contributed by atoms with van der Waals surface area (Å²) >= 11 is 0. The van der Waals surface area contributed by atoms with Gasteiger partial charge in [-0.15, -0.1) is 0 Å². The Bertz CT molecular complexity index is 668. The first-order chi connectivity index (χ1) is 13.4. The molecule has 3 aliphatic rings. The Morgan fingerprint density at radius 1 is 1.11 bits per heavy atom. The zero-order valence-electron chi connectivity index (χ0n) is 17.8. The largest absolute Gasteiger partial charge is 0.390 e. The molecule has 28 heavy (non-hydrogen) atoms. The topological polar surface area (TPSA) is 66.0 Å². The van der Waals surface area contributed by atoms with Gasteiger partial charge in [0, 0.05) is 18.3 Å². The highest BCUT2D eigenvalue weighted by atomic mass is 16.3. The first-order valence-corrected chi connectivity index (χ1v) is 11.6. The van der Waals surface area contributed by atoms with Crippen molar-refractivity contribution in [1.82, 2.24) is 9.97 Å². The average Bonchev–Trinajstić information content (AvgIpc) is 3.27. The lowest BCUT2D eigenvalue weighted by Crippen LogP contribution is -2.44. The van der Waals surface area contributed by atoms with E-state index in [2.05, 4.69) is 16.9 Å². The molecule has 2 N–H and O–H groups in total. The first kappa shape index (κ1) is 20.1. The molecule has 3 aliphatic carbocycles. The Morgan fingerprint density at radius 2 is 1.93 bits per heavy atom. The van der Waals surface area contributed by atoms with Crippen LogP contribution < -0.4 is 0 Å². The molecule has 3 saturated carbocycles. The Hall–Kier alpha value is -1.16. The number of carbonyl (C=O) groups is 1. The number of carbonyl (C=O) groups excluding carboxylic acids is 1. The van der Waals surface area contributed by atoms with Crippen LogP contribution in [0.15, 0.2) is 12.4 Å². The highest BCUT2D eigenvalue weighted by molar-refractivity contribution is 5.83. The van der Waals surface area contributed by atoms with Crippen LogP contribution in [0.1, 0.15) is 90.3 Å². The number of ketones is 1. The molecule has 0 spiro atoms. The molecule has 0 amide bonds. The van der Waals surface area contributed by atoms with Crippen LogP contribution in [0.3, 0.4) is 0 Å². The number of nitrogens with zero attached hydrogens (tertiary/aromatic N) is 1. The molecule has 6 atom stereocenters. The van der Waals surface area contributed by atoms with Gasteiger partial charge in [-0.05, 0) is 75.0 Å². The number of hydrogen-bond donors (Lipinski definition) is 2. The maximum Gasteiger partial charge on any atom is 0.144 e. The number of H-pyrrole nitrogens is 1. The van der Waals surface area contributed by atoms with Crippen molar-refractivity contribution in [1.29, 1.82) is 0 Å². The molecule has 156 valence electrons. The zero-order valence-corrected chi connectivity index (χ0v) is 17.8. The van der Waals surface area contributed by atoms with Crippen molar-refractivity contribution in [3.63, 3.8) is 0 Å². The number of aromatic amines is 1. The van der Waals surface area contributed by atoms with Gasteiger partial charge in [0.25, 0.3) is 0 Å². The molecule has 1 aromatic heterocycles. The van der Waals surface area contributed by atoms with Gasteiger partial charge in [-0.1, -0.05) is 32.6 Å². The predicted octanol–water partition coefficient (Wildman–Crippen LogP) is 5.08. The van der Waals surface area contributed by atoms with Crippen molar-refractivity contribution < 1.29 is 9.90 Å². The van der Waals surface area contributed by atoms with Gasteiger partial charge in [0.2, 0.25) is 0 Å². The lowest BCUT2D eigenvalue weighted by molar-refractivity contribution is -0.128. The summed E-state index contributed by atoms with van der Waals surface area (Å²) in [6.07, 6.45) is 16.7. The molecule has 0 bridgehead atoms. The summed E-state index contributed by atoms with van der Waals surface area (Å²) in [6, 6.07) is 0. The van der Waals surface area contributed by atoms with Gasteiger partial charge in [-0.2, -0.15) is 0 Å². The minimum atomic E-state index is -0.466. The molecular formula is C24H38N2O2. The number of hydrogen-bond acceptors (Lipinski definition) is 3. The van der Waals surface area contributed by atoms with Gasteiger partial charge in [-0.3, -0.25) is 4.79 Å². The number of aliphatic hydroxyl groups is 1. The fourth-order valence-electron chi connectivity index (χ4n) is 7.13. The molecule has 0 aliphatic heterocycles. The SMILES string of the molecule is CC1(O)CCCCC2C(CCC1)CCC1(C)C(C(=O)Cc3ncc[nH]3)CCC21. The molecule has 4 rings (SSSR count). The van der Waals surface area contributed by atoms with Crippen LogP contribution in [0.4, 0.5) is 0 Å². The second-order valence-electron chi connectivity index (χ2n) is 10.5. The number of rotatable bonds is 3. The maximum atomic E-state index is 13.1. The number of nitrogens with one attached hydrogen (secondary N) is 1. The minimum Gasteiger partial charge on any atom is -0.390 e. The first-order valence-electron chi connectivity index (χ1n) is 11.6. The number of Topliss-reactive ketones (excluding diaryl/α,β-unsaturated/α-hetero) is 1. The van der Waals surface area contributed by atoms with Crippen molar-refractivity contribution in [2.75, 3.05) is 0 Å². The summed E-state index contributed by atoms with van der Waals surface area (Å²) in [5.41, 5.74) is -0.285. The Morgan fingerprint density at radius 3 is 2.71 bits per heavy atom. The second kappa shape index (κ2) is 7.93. The van der Waals surface area contributed by atoms with Crippen molar-refractivity contribution in [3.05, 3.63) is 18.2 Å². The lowest BCUT2D eigenvalue weighted by atomic mass is 9.55. The van der Waals surface area contributed by atoms with E-state index in [1.54, 1.807) is 6.20 Å². The van der Waals surface area contributed by atoms with E-state index in [9.17, 15) is 9.90 Å². The third kappa shape index (κ3) is 3.94. The van der Waals surface area contributed by atoms with Crippen LogP contribution in [0.2, 0.25) is 0 Å². The summed E-state index contributed by atoms with van der Waals surface area (Å²) in [5.74, 6) is 3.70. The summed E-state index contributed by atoms with van der Waals surface area (Å²) in [5, 5.41) is 10.5. The molecule has 4 nitrogen and oxygen atoms in total. The van der Waals surface area contributed by atoms with Crippen molar-refractivity contribution >= 4 is 5.78 Å². The Labute approximate surface area is 169 Å². The van der Waals surface area contributed by atoms with Crippen molar-refractivity contribution in [2.24, 2.45) is 29.1 Å². The fraction of sp³-hybridized carbons (Fsp3) is 0.833. The van der Waals surface area contributed by atoms with Crippen LogP contribution in [-0.4, -0.2) is 26.5 Å². The van der Waals surface area contributed by atoms with Crippen molar-refractivity contribution in [2.45, 2.75) is 96.5 Å². The van der Waals surface area contributed by atoms with E-state index in [1.165, 1.54) is 38.5 Å².